The third-order valence-corrected chi connectivity index (χ3v) is 4.52. The number of aryl methyl sites for hydroxylation is 2. The summed E-state index contributed by atoms with van der Waals surface area (Å²) in [5.41, 5.74) is 1.20. The molecule has 0 aromatic carbocycles. The molecule has 1 saturated heterocycles. The first kappa shape index (κ1) is 17.5. The average molecular weight is 344 g/mol. The van der Waals surface area contributed by atoms with Crippen LogP contribution >= 0.6 is 0 Å². The Kier molecular flexibility index (Phi) is 5.08. The lowest BCUT2D eigenvalue weighted by Crippen LogP contribution is -2.53. The minimum Gasteiger partial charge on any atom is -0.375 e. The Morgan fingerprint density at radius 1 is 1.36 bits per heavy atom. The maximum atomic E-state index is 12.9. The molecule has 134 valence electrons. The molecule has 0 aliphatic carbocycles. The van der Waals surface area contributed by atoms with Gasteiger partial charge in [-0.2, -0.15) is 5.10 Å². The minimum absolute atomic E-state index is 0.0134. The highest BCUT2D eigenvalue weighted by Crippen LogP contribution is 2.20. The topological polar surface area (TPSA) is 86.0 Å². The summed E-state index contributed by atoms with van der Waals surface area (Å²) >= 11 is 0. The Labute approximate surface area is 147 Å². The van der Waals surface area contributed by atoms with Crippen LogP contribution in [-0.4, -0.2) is 61.3 Å². The van der Waals surface area contributed by atoms with Crippen molar-refractivity contribution in [1.29, 1.82) is 0 Å². The van der Waals surface area contributed by atoms with Gasteiger partial charge in [0.2, 0.25) is 5.91 Å². The van der Waals surface area contributed by atoms with Crippen LogP contribution in [0.25, 0.3) is 0 Å². The van der Waals surface area contributed by atoms with Crippen LogP contribution in [0.5, 0.6) is 0 Å². The van der Waals surface area contributed by atoms with Gasteiger partial charge < -0.3 is 9.64 Å². The van der Waals surface area contributed by atoms with Crippen LogP contribution < -0.4 is 0 Å². The normalized spacial score (nSPS) is 18.4. The largest absolute Gasteiger partial charge is 0.375 e. The van der Waals surface area contributed by atoms with E-state index in [-0.39, 0.29) is 12.0 Å². The molecule has 1 fully saturated rings. The number of morpholine rings is 1. The fourth-order valence-corrected chi connectivity index (χ4v) is 3.02. The van der Waals surface area contributed by atoms with Crippen LogP contribution in [0.3, 0.4) is 0 Å². The van der Waals surface area contributed by atoms with Crippen molar-refractivity contribution in [3.8, 4) is 0 Å². The first-order valence-corrected chi connectivity index (χ1v) is 8.50. The third kappa shape index (κ3) is 4.01. The SMILES string of the molecule is Cc1cc(CC[C@@H]2CN(C(=O)C(C)(C)n3cncn3)CCO2)ncn1. The number of ether oxygens (including phenoxy) is 1. The van der Waals surface area contributed by atoms with Gasteiger partial charge in [0.1, 0.15) is 24.5 Å². The van der Waals surface area contributed by atoms with Crippen molar-refractivity contribution < 1.29 is 9.53 Å². The molecule has 25 heavy (non-hydrogen) atoms. The van der Waals surface area contributed by atoms with E-state index in [9.17, 15) is 4.79 Å². The van der Waals surface area contributed by atoms with Crippen LogP contribution in [0.2, 0.25) is 0 Å². The summed E-state index contributed by atoms with van der Waals surface area (Å²) in [5, 5.41) is 4.12. The second-order valence-corrected chi connectivity index (χ2v) is 6.83. The maximum Gasteiger partial charge on any atom is 0.250 e. The predicted octanol–water partition coefficient (Wildman–Crippen LogP) is 0.972. The van der Waals surface area contributed by atoms with Crippen LogP contribution in [0.1, 0.15) is 31.7 Å². The van der Waals surface area contributed by atoms with E-state index >= 15 is 0 Å². The molecule has 8 heteroatoms. The minimum atomic E-state index is -0.762. The van der Waals surface area contributed by atoms with E-state index in [0.29, 0.717) is 19.7 Å². The van der Waals surface area contributed by atoms with E-state index in [2.05, 4.69) is 20.1 Å². The molecule has 1 aliphatic heterocycles. The Morgan fingerprint density at radius 3 is 2.92 bits per heavy atom. The molecule has 2 aromatic rings. The van der Waals surface area contributed by atoms with Crippen LogP contribution in [0, 0.1) is 6.92 Å². The van der Waals surface area contributed by atoms with Gasteiger partial charge in [0.15, 0.2) is 0 Å². The van der Waals surface area contributed by atoms with E-state index in [4.69, 9.17) is 4.74 Å². The molecule has 0 bridgehead atoms. The van der Waals surface area contributed by atoms with Gasteiger partial charge in [-0.05, 0) is 39.7 Å². The first-order valence-electron chi connectivity index (χ1n) is 8.50. The zero-order valence-corrected chi connectivity index (χ0v) is 14.9. The number of aromatic nitrogens is 5. The lowest BCUT2D eigenvalue weighted by Gasteiger charge is -2.37. The van der Waals surface area contributed by atoms with E-state index in [0.717, 1.165) is 24.2 Å². The predicted molar refractivity (Wildman–Crippen MR) is 90.8 cm³/mol. The zero-order valence-electron chi connectivity index (χ0n) is 14.9. The molecule has 0 unspecified atom stereocenters. The molecule has 0 spiro atoms. The lowest BCUT2D eigenvalue weighted by molar-refractivity contribution is -0.147. The Morgan fingerprint density at radius 2 is 2.20 bits per heavy atom. The first-order chi connectivity index (χ1) is 12.0. The Bertz CT molecular complexity index is 716. The molecule has 1 amide bonds. The molecule has 0 radical (unpaired) electrons. The van der Waals surface area contributed by atoms with Crippen molar-refractivity contribution in [2.45, 2.75) is 45.3 Å². The molecule has 3 heterocycles. The highest BCUT2D eigenvalue weighted by molar-refractivity contribution is 5.83. The number of hydrogen-bond donors (Lipinski definition) is 0. The van der Waals surface area contributed by atoms with Gasteiger partial charge in [-0.3, -0.25) is 4.79 Å². The second-order valence-electron chi connectivity index (χ2n) is 6.83. The van der Waals surface area contributed by atoms with Gasteiger partial charge in [-0.25, -0.2) is 19.6 Å². The average Bonchev–Trinajstić information content (AvgIpc) is 3.15. The quantitative estimate of drug-likeness (QED) is 0.803. The molecule has 8 nitrogen and oxygen atoms in total. The number of nitrogens with zero attached hydrogens (tertiary/aromatic N) is 6. The molecule has 1 atom stereocenters. The fraction of sp³-hybridized carbons (Fsp3) is 0.588. The zero-order chi connectivity index (χ0) is 17.9. The van der Waals surface area contributed by atoms with Gasteiger partial charge in [0.25, 0.3) is 0 Å². The summed E-state index contributed by atoms with van der Waals surface area (Å²) in [6, 6.07) is 1.99. The third-order valence-electron chi connectivity index (χ3n) is 4.52. The molecular formula is C17H24N6O2. The van der Waals surface area contributed by atoms with Crippen molar-refractivity contribution in [2.75, 3.05) is 19.7 Å². The number of rotatable bonds is 5. The van der Waals surface area contributed by atoms with Crippen molar-refractivity contribution in [3.05, 3.63) is 36.4 Å². The van der Waals surface area contributed by atoms with Crippen LogP contribution in [0.15, 0.2) is 25.0 Å². The van der Waals surface area contributed by atoms with Gasteiger partial charge in [-0.1, -0.05) is 0 Å². The molecule has 1 aliphatic rings. The summed E-state index contributed by atoms with van der Waals surface area (Å²) in [6.07, 6.45) is 6.25. The second kappa shape index (κ2) is 7.26. The number of hydrogen-bond acceptors (Lipinski definition) is 6. The van der Waals surface area contributed by atoms with Gasteiger partial charge in [-0.15, -0.1) is 0 Å². The van der Waals surface area contributed by atoms with Crippen molar-refractivity contribution in [1.82, 2.24) is 29.6 Å². The fourth-order valence-electron chi connectivity index (χ4n) is 3.02. The standard InChI is InChI=1S/C17H24N6O2/c1-13-8-14(20-11-19-13)4-5-15-9-22(6-7-25-15)16(24)17(2,3)23-12-18-10-21-23/h8,10-12,15H,4-7,9H2,1-3H3/t15-/m1/s1. The number of amides is 1. The summed E-state index contributed by atoms with van der Waals surface area (Å²) < 4.78 is 7.44. The van der Waals surface area contributed by atoms with E-state index in [1.54, 1.807) is 17.3 Å². The smallest absolute Gasteiger partial charge is 0.250 e. The summed E-state index contributed by atoms with van der Waals surface area (Å²) in [6.45, 7) is 7.40. The van der Waals surface area contributed by atoms with Gasteiger partial charge in [0.05, 0.1) is 12.7 Å². The number of carbonyl (C=O) groups is 1. The van der Waals surface area contributed by atoms with Gasteiger partial charge in [0, 0.05) is 24.5 Å². The molecule has 0 saturated carbocycles. The van der Waals surface area contributed by atoms with E-state index in [1.807, 2.05) is 31.7 Å². The highest BCUT2D eigenvalue weighted by atomic mass is 16.5. The Balaban J connectivity index is 1.60. The Hall–Kier alpha value is -2.35. The molecule has 2 aromatic heterocycles. The summed E-state index contributed by atoms with van der Waals surface area (Å²) in [4.78, 5) is 27.1. The van der Waals surface area contributed by atoms with Gasteiger partial charge >= 0.3 is 0 Å². The summed E-state index contributed by atoms with van der Waals surface area (Å²) in [5.74, 6) is 0.0316. The summed E-state index contributed by atoms with van der Waals surface area (Å²) in [7, 11) is 0. The van der Waals surface area contributed by atoms with Crippen molar-refractivity contribution >= 4 is 5.91 Å². The molecule has 3 rings (SSSR count). The van der Waals surface area contributed by atoms with Crippen molar-refractivity contribution in [3.63, 3.8) is 0 Å². The molecular weight excluding hydrogens is 320 g/mol. The monoisotopic (exact) mass is 344 g/mol. The molecule has 0 N–H and O–H groups in total. The van der Waals surface area contributed by atoms with Crippen molar-refractivity contribution in [2.24, 2.45) is 0 Å². The van der Waals surface area contributed by atoms with E-state index in [1.165, 1.54) is 6.33 Å². The van der Waals surface area contributed by atoms with Crippen LogP contribution in [0.4, 0.5) is 0 Å². The van der Waals surface area contributed by atoms with E-state index < -0.39 is 5.54 Å². The highest BCUT2D eigenvalue weighted by Gasteiger charge is 2.36. The van der Waals surface area contributed by atoms with Crippen LogP contribution in [-0.2, 0) is 21.5 Å². The maximum absolute atomic E-state index is 12.9. The lowest BCUT2D eigenvalue weighted by atomic mass is 10.0. The number of carbonyl (C=O) groups excluding carboxylic acids is 1.